The zero-order chi connectivity index (χ0) is 23.5. The van der Waals surface area contributed by atoms with Crippen molar-refractivity contribution in [1.29, 1.82) is 0 Å². The van der Waals surface area contributed by atoms with E-state index in [1.165, 1.54) is 5.57 Å². The average molecular weight is 555 g/mol. The fourth-order valence-corrected chi connectivity index (χ4v) is 5.75. The Bertz CT molecular complexity index is 630. The van der Waals surface area contributed by atoms with Gasteiger partial charge in [0.05, 0.1) is 12.7 Å². The molecule has 5 nitrogen and oxygen atoms in total. The van der Waals surface area contributed by atoms with E-state index < -0.39 is 19.9 Å². The Labute approximate surface area is 199 Å². The first-order valence-electron chi connectivity index (χ1n) is 10.6. The van der Waals surface area contributed by atoms with E-state index in [2.05, 4.69) is 83.0 Å². The largest absolute Gasteiger partial charge is 0.413 e. The van der Waals surface area contributed by atoms with Crippen molar-refractivity contribution in [2.75, 3.05) is 25.3 Å². The fourth-order valence-electron chi connectivity index (χ4n) is 3.07. The zero-order valence-electron chi connectivity index (χ0n) is 20.8. The van der Waals surface area contributed by atoms with Crippen LogP contribution in [-0.4, -0.2) is 57.4 Å². The maximum absolute atomic E-state index is 6.72. The molecule has 176 valence electrons. The summed E-state index contributed by atoms with van der Waals surface area (Å²) < 4.78 is 31.0. The molecule has 0 N–H and O–H groups in total. The number of hydrogen-bond acceptors (Lipinski definition) is 5. The molecular formula is C23H43IO5Si. The molecule has 0 aliphatic carbocycles. The lowest BCUT2D eigenvalue weighted by atomic mass is 9.94. The van der Waals surface area contributed by atoms with Crippen molar-refractivity contribution < 1.29 is 23.4 Å². The van der Waals surface area contributed by atoms with Gasteiger partial charge < -0.3 is 23.4 Å². The number of hydrogen-bond donors (Lipinski definition) is 0. The number of alkyl halides is 1. The predicted octanol–water partition coefficient (Wildman–Crippen LogP) is 6.09. The monoisotopic (exact) mass is 554 g/mol. The Balaban J connectivity index is 2.95. The summed E-state index contributed by atoms with van der Waals surface area (Å²) >= 11 is 2.43. The summed E-state index contributed by atoms with van der Waals surface area (Å²) in [6.45, 7) is 24.1. The van der Waals surface area contributed by atoms with E-state index in [1.54, 1.807) is 14.2 Å². The Kier molecular flexibility index (Phi) is 9.84. The van der Waals surface area contributed by atoms with Gasteiger partial charge in [-0.15, -0.1) is 0 Å². The van der Waals surface area contributed by atoms with Crippen LogP contribution in [0.15, 0.2) is 23.8 Å². The molecule has 1 aliphatic rings. The van der Waals surface area contributed by atoms with Crippen LogP contribution in [0.5, 0.6) is 0 Å². The molecule has 0 bridgehead atoms. The third kappa shape index (κ3) is 6.17. The minimum Gasteiger partial charge on any atom is -0.413 e. The van der Waals surface area contributed by atoms with Crippen molar-refractivity contribution in [1.82, 2.24) is 0 Å². The molecule has 0 amide bonds. The molecule has 0 spiro atoms. The third-order valence-corrected chi connectivity index (χ3v) is 12.4. The lowest BCUT2D eigenvalue weighted by Gasteiger charge is -2.49. The summed E-state index contributed by atoms with van der Waals surface area (Å²) in [7, 11) is 1.34. The molecule has 0 aromatic heterocycles. The molecule has 0 unspecified atom stereocenters. The smallest absolute Gasteiger partial charge is 0.220 e. The van der Waals surface area contributed by atoms with Crippen molar-refractivity contribution in [3.8, 4) is 0 Å². The number of ether oxygens (including phenoxy) is 4. The Morgan fingerprint density at radius 2 is 1.77 bits per heavy atom. The Morgan fingerprint density at radius 1 is 1.23 bits per heavy atom. The predicted molar refractivity (Wildman–Crippen MR) is 135 cm³/mol. The van der Waals surface area contributed by atoms with Crippen LogP contribution >= 0.6 is 22.6 Å². The van der Waals surface area contributed by atoms with Gasteiger partial charge in [0, 0.05) is 24.6 Å². The Hall–Kier alpha value is 0.227. The zero-order valence-corrected chi connectivity index (χ0v) is 24.0. The molecule has 1 rings (SSSR count). The van der Waals surface area contributed by atoms with Crippen molar-refractivity contribution >= 4 is 30.9 Å². The molecule has 7 heteroatoms. The second-order valence-corrected chi connectivity index (χ2v) is 15.7. The van der Waals surface area contributed by atoms with E-state index in [9.17, 15) is 0 Å². The summed E-state index contributed by atoms with van der Waals surface area (Å²) in [6.07, 6.45) is 1.97. The van der Waals surface area contributed by atoms with Crippen molar-refractivity contribution in [3.63, 3.8) is 0 Å². The van der Waals surface area contributed by atoms with Gasteiger partial charge in [-0.05, 0) is 44.5 Å². The van der Waals surface area contributed by atoms with Crippen LogP contribution < -0.4 is 0 Å². The molecule has 0 aromatic carbocycles. The van der Waals surface area contributed by atoms with Crippen LogP contribution in [0, 0.1) is 5.92 Å². The second-order valence-electron chi connectivity index (χ2n) is 10.0. The molecule has 0 saturated carbocycles. The summed E-state index contributed by atoms with van der Waals surface area (Å²) in [5.74, 6) is -1.74. The quantitative estimate of drug-likeness (QED) is 0.149. The van der Waals surface area contributed by atoms with Crippen LogP contribution in [0.2, 0.25) is 18.1 Å². The van der Waals surface area contributed by atoms with E-state index in [0.717, 1.165) is 10.0 Å². The van der Waals surface area contributed by atoms with E-state index in [-0.39, 0.29) is 23.2 Å². The fraction of sp³-hybridized carbons (Fsp3) is 0.826. The highest BCUT2D eigenvalue weighted by Gasteiger charge is 2.53. The second kappa shape index (κ2) is 10.4. The first-order chi connectivity index (χ1) is 13.6. The molecule has 1 heterocycles. The summed E-state index contributed by atoms with van der Waals surface area (Å²) in [6, 6.07) is 0. The SMILES string of the molecule is C=C(/C=C(\C)[C@@H](C)[C@H](CI)O[Si](C)(C)C(C)(C)C)[C@@H]1CO[C@@](C)(OC)[C@](C)(OC)O1. The van der Waals surface area contributed by atoms with Gasteiger partial charge in [0.1, 0.15) is 6.10 Å². The first-order valence-corrected chi connectivity index (χ1v) is 15.0. The van der Waals surface area contributed by atoms with E-state index in [4.69, 9.17) is 23.4 Å². The van der Waals surface area contributed by atoms with E-state index in [1.807, 2.05) is 13.8 Å². The van der Waals surface area contributed by atoms with Gasteiger partial charge >= 0.3 is 0 Å². The van der Waals surface area contributed by atoms with Gasteiger partial charge in [-0.25, -0.2) is 0 Å². The van der Waals surface area contributed by atoms with Gasteiger partial charge in [0.15, 0.2) is 8.32 Å². The van der Waals surface area contributed by atoms with Crippen LogP contribution in [0.1, 0.15) is 48.5 Å². The average Bonchev–Trinajstić information content (AvgIpc) is 2.66. The summed E-state index contributed by atoms with van der Waals surface area (Å²) in [5.41, 5.74) is 2.09. The first kappa shape index (κ1) is 28.3. The topological polar surface area (TPSA) is 46.2 Å². The maximum atomic E-state index is 6.72. The van der Waals surface area contributed by atoms with E-state index >= 15 is 0 Å². The van der Waals surface area contributed by atoms with Crippen LogP contribution in [-0.2, 0) is 23.4 Å². The number of methoxy groups -OCH3 is 2. The van der Waals surface area contributed by atoms with Gasteiger partial charge in [0.25, 0.3) is 0 Å². The molecular weight excluding hydrogens is 511 g/mol. The highest BCUT2D eigenvalue weighted by atomic mass is 127. The summed E-state index contributed by atoms with van der Waals surface area (Å²) in [4.78, 5) is 0. The molecule has 1 fully saturated rings. The molecule has 0 aromatic rings. The molecule has 1 aliphatic heterocycles. The minimum atomic E-state index is -1.84. The molecule has 5 atom stereocenters. The van der Waals surface area contributed by atoms with Gasteiger partial charge in [0.2, 0.25) is 11.6 Å². The highest BCUT2D eigenvalue weighted by molar-refractivity contribution is 14.1. The van der Waals surface area contributed by atoms with E-state index in [0.29, 0.717) is 6.61 Å². The number of halogens is 1. The minimum absolute atomic E-state index is 0.167. The lowest BCUT2D eigenvalue weighted by Crippen LogP contribution is -2.62. The van der Waals surface area contributed by atoms with Crippen LogP contribution in [0.4, 0.5) is 0 Å². The molecule has 1 saturated heterocycles. The number of rotatable bonds is 9. The molecule has 0 radical (unpaired) electrons. The normalized spacial score (nSPS) is 30.8. The van der Waals surface area contributed by atoms with Crippen LogP contribution in [0.3, 0.4) is 0 Å². The summed E-state index contributed by atoms with van der Waals surface area (Å²) in [5, 5.41) is 0.184. The van der Waals surface area contributed by atoms with Crippen molar-refractivity contribution in [2.45, 2.75) is 90.4 Å². The molecule has 30 heavy (non-hydrogen) atoms. The standard InChI is InChI=1S/C23H43IO5Si/c1-16(18(3)19(14-24)29-30(11,12)21(4,5)6)13-17(2)20-15-27-22(7,25-9)23(8,26-10)28-20/h13,18-20H,2,14-15H2,1,3-12H3/b16-13+/t18-,19+,20+,22-,23-/m1/s1. The Morgan fingerprint density at radius 3 is 2.20 bits per heavy atom. The third-order valence-electron chi connectivity index (χ3n) is 6.99. The maximum Gasteiger partial charge on any atom is 0.220 e. The van der Waals surface area contributed by atoms with Crippen LogP contribution in [0.25, 0.3) is 0 Å². The lowest BCUT2D eigenvalue weighted by molar-refractivity contribution is -0.426. The van der Waals surface area contributed by atoms with Gasteiger partial charge in [-0.1, -0.05) is 68.5 Å². The van der Waals surface area contributed by atoms with Crippen molar-refractivity contribution in [3.05, 3.63) is 23.8 Å². The van der Waals surface area contributed by atoms with Gasteiger partial charge in [-0.2, -0.15) is 0 Å². The van der Waals surface area contributed by atoms with Gasteiger partial charge in [-0.3, -0.25) is 0 Å². The van der Waals surface area contributed by atoms with Crippen molar-refractivity contribution in [2.24, 2.45) is 5.92 Å². The highest BCUT2D eigenvalue weighted by Crippen LogP contribution is 2.40.